The Labute approximate surface area is 113 Å². The Morgan fingerprint density at radius 1 is 1.37 bits per heavy atom. The van der Waals surface area contributed by atoms with Crippen LogP contribution in [0.15, 0.2) is 18.2 Å². The number of ketones is 1. The lowest BCUT2D eigenvalue weighted by Crippen LogP contribution is -2.39. The van der Waals surface area contributed by atoms with Crippen molar-refractivity contribution in [2.45, 2.75) is 12.8 Å². The summed E-state index contributed by atoms with van der Waals surface area (Å²) in [5.41, 5.74) is -0.440. The molecule has 19 heavy (non-hydrogen) atoms. The summed E-state index contributed by atoms with van der Waals surface area (Å²) in [6.07, 6.45) is 0. The van der Waals surface area contributed by atoms with Gasteiger partial charge in [-0.3, -0.25) is 4.79 Å². The second-order valence-corrected chi connectivity index (χ2v) is 3.91. The molecule has 0 radical (unpaired) electrons. The highest BCUT2D eigenvalue weighted by Crippen LogP contribution is 2.29. The number of methoxy groups -OCH3 is 1. The molecule has 1 aromatic rings. The van der Waals surface area contributed by atoms with Crippen LogP contribution in [-0.2, 0) is 9.53 Å². The van der Waals surface area contributed by atoms with Gasteiger partial charge in [0.1, 0.15) is 5.75 Å². The highest BCUT2D eigenvalue weighted by Gasteiger charge is 2.50. The van der Waals surface area contributed by atoms with Crippen LogP contribution in [0.1, 0.15) is 17.3 Å². The number of Topliss-reactive ketones (excluding diaryl/α,β-unsaturated/α-hetero) is 1. The van der Waals surface area contributed by atoms with Gasteiger partial charge in [0.25, 0.3) is 0 Å². The summed E-state index contributed by atoms with van der Waals surface area (Å²) >= 11 is 5.66. The quantitative estimate of drug-likeness (QED) is 0.476. The molecule has 1 aromatic carbocycles. The second kappa shape index (κ2) is 5.97. The molecule has 0 aliphatic heterocycles. The molecule has 0 bridgehead atoms. The second-order valence-electron chi connectivity index (χ2n) is 3.47. The van der Waals surface area contributed by atoms with E-state index in [2.05, 4.69) is 4.74 Å². The fraction of sp³-hybridized carbons (Fsp3) is 0.333. The summed E-state index contributed by atoms with van der Waals surface area (Å²) in [4.78, 5) is 22.8. The molecule has 0 aliphatic rings. The maximum Gasteiger partial charge on any atom is 0.404 e. The normalized spacial score (nSPS) is 11.0. The maximum absolute atomic E-state index is 13.6. The van der Waals surface area contributed by atoms with E-state index in [9.17, 15) is 18.4 Å². The predicted octanol–water partition coefficient (Wildman–Crippen LogP) is 2.73. The molecule has 104 valence electrons. The van der Waals surface area contributed by atoms with Crippen LogP contribution in [-0.4, -0.2) is 31.4 Å². The first-order chi connectivity index (χ1) is 8.84. The van der Waals surface area contributed by atoms with Crippen LogP contribution in [0.2, 0.25) is 5.02 Å². The third-order valence-corrected chi connectivity index (χ3v) is 2.46. The number of hydrogen-bond acceptors (Lipinski definition) is 4. The summed E-state index contributed by atoms with van der Waals surface area (Å²) < 4.78 is 36.1. The number of benzene rings is 1. The molecule has 1 rings (SSSR count). The molecule has 0 spiro atoms. The number of hydrogen-bond donors (Lipinski definition) is 0. The highest BCUT2D eigenvalue weighted by atomic mass is 35.5. The molecule has 0 saturated heterocycles. The van der Waals surface area contributed by atoms with E-state index in [1.54, 1.807) is 0 Å². The van der Waals surface area contributed by atoms with Gasteiger partial charge >= 0.3 is 11.9 Å². The van der Waals surface area contributed by atoms with Crippen molar-refractivity contribution in [3.8, 4) is 5.75 Å². The molecule has 0 aliphatic carbocycles. The van der Waals surface area contributed by atoms with Crippen LogP contribution in [0.25, 0.3) is 0 Å². The van der Waals surface area contributed by atoms with E-state index in [0.29, 0.717) is 0 Å². The van der Waals surface area contributed by atoms with E-state index >= 15 is 0 Å². The van der Waals surface area contributed by atoms with Crippen LogP contribution >= 0.6 is 11.6 Å². The predicted molar refractivity (Wildman–Crippen MR) is 63.9 cm³/mol. The molecule has 0 fully saturated rings. The monoisotopic (exact) mass is 292 g/mol. The number of carbonyl (C=O) groups excluding carboxylic acids is 2. The highest BCUT2D eigenvalue weighted by molar-refractivity contribution is 6.31. The first-order valence-corrected chi connectivity index (χ1v) is 5.65. The zero-order valence-electron chi connectivity index (χ0n) is 10.2. The Morgan fingerprint density at radius 2 is 2.00 bits per heavy atom. The lowest BCUT2D eigenvalue weighted by atomic mass is 10.0. The van der Waals surface area contributed by atoms with Crippen molar-refractivity contribution in [1.82, 2.24) is 0 Å². The molecule has 0 N–H and O–H groups in total. The minimum absolute atomic E-state index is 0.138. The molecule has 0 aromatic heterocycles. The van der Waals surface area contributed by atoms with Crippen LogP contribution in [0.5, 0.6) is 5.75 Å². The number of ether oxygens (including phenoxy) is 2. The van der Waals surface area contributed by atoms with E-state index in [0.717, 1.165) is 6.07 Å². The van der Waals surface area contributed by atoms with Gasteiger partial charge in [0.2, 0.25) is 5.78 Å². The maximum atomic E-state index is 13.6. The Morgan fingerprint density at radius 3 is 2.53 bits per heavy atom. The third-order valence-electron chi connectivity index (χ3n) is 2.23. The summed E-state index contributed by atoms with van der Waals surface area (Å²) in [7, 11) is 1.20. The van der Waals surface area contributed by atoms with Crippen LogP contribution in [0.4, 0.5) is 8.78 Å². The van der Waals surface area contributed by atoms with Gasteiger partial charge in [0.15, 0.2) is 0 Å². The minimum atomic E-state index is -4.27. The molecule has 0 heterocycles. The van der Waals surface area contributed by atoms with E-state index in [4.69, 9.17) is 16.3 Å². The molecular formula is C12H11ClF2O4. The minimum Gasteiger partial charge on any atom is -0.496 e. The van der Waals surface area contributed by atoms with Crippen molar-refractivity contribution in [1.29, 1.82) is 0 Å². The van der Waals surface area contributed by atoms with Gasteiger partial charge in [0, 0.05) is 5.02 Å². The third kappa shape index (κ3) is 3.20. The van der Waals surface area contributed by atoms with Gasteiger partial charge in [-0.1, -0.05) is 11.6 Å². The smallest absolute Gasteiger partial charge is 0.404 e. The van der Waals surface area contributed by atoms with Crippen LogP contribution in [0.3, 0.4) is 0 Å². The largest absolute Gasteiger partial charge is 0.496 e. The van der Waals surface area contributed by atoms with E-state index in [-0.39, 0.29) is 17.4 Å². The van der Waals surface area contributed by atoms with Gasteiger partial charge in [-0.15, -0.1) is 0 Å². The summed E-state index contributed by atoms with van der Waals surface area (Å²) in [5.74, 6) is -7.99. The van der Waals surface area contributed by atoms with Gasteiger partial charge in [-0.25, -0.2) is 4.79 Å². The van der Waals surface area contributed by atoms with Crippen molar-refractivity contribution in [2.24, 2.45) is 0 Å². The van der Waals surface area contributed by atoms with Crippen LogP contribution in [0, 0.1) is 0 Å². The van der Waals surface area contributed by atoms with E-state index in [1.165, 1.54) is 26.2 Å². The number of halogens is 3. The van der Waals surface area contributed by atoms with Crippen molar-refractivity contribution in [3.05, 3.63) is 28.8 Å². The fourth-order valence-corrected chi connectivity index (χ4v) is 1.50. The van der Waals surface area contributed by atoms with Gasteiger partial charge in [-0.2, -0.15) is 8.78 Å². The van der Waals surface area contributed by atoms with Crippen molar-refractivity contribution < 1.29 is 27.8 Å². The molecule has 0 atom stereocenters. The Balaban J connectivity index is 3.16. The van der Waals surface area contributed by atoms with Gasteiger partial charge in [0.05, 0.1) is 19.3 Å². The molecule has 7 heteroatoms. The average molecular weight is 293 g/mol. The fourth-order valence-electron chi connectivity index (χ4n) is 1.34. The zero-order valence-corrected chi connectivity index (χ0v) is 11.0. The first-order valence-electron chi connectivity index (χ1n) is 5.28. The zero-order chi connectivity index (χ0) is 14.6. The number of rotatable bonds is 5. The Bertz CT molecular complexity index is 503. The van der Waals surface area contributed by atoms with Crippen molar-refractivity contribution in [2.75, 3.05) is 13.7 Å². The molecule has 4 nitrogen and oxygen atoms in total. The Hall–Kier alpha value is -1.69. The lowest BCUT2D eigenvalue weighted by Gasteiger charge is -2.15. The summed E-state index contributed by atoms with van der Waals surface area (Å²) in [6, 6.07) is 3.52. The molecule has 0 saturated carbocycles. The number of esters is 1. The molecule has 0 unspecified atom stereocenters. The van der Waals surface area contributed by atoms with Gasteiger partial charge in [-0.05, 0) is 25.1 Å². The topological polar surface area (TPSA) is 52.6 Å². The SMILES string of the molecule is CCOC(=O)C(F)(F)C(=O)c1ccc(Cl)cc1OC. The van der Waals surface area contributed by atoms with E-state index < -0.39 is 23.2 Å². The number of carbonyl (C=O) groups is 2. The standard InChI is InChI=1S/C12H11ClF2O4/c1-3-19-11(17)12(14,15)10(16)8-5-4-7(13)6-9(8)18-2/h4-6H,3H2,1-2H3. The molecular weight excluding hydrogens is 282 g/mol. The summed E-state index contributed by atoms with van der Waals surface area (Å²) in [5, 5.41) is 0.216. The van der Waals surface area contributed by atoms with Crippen molar-refractivity contribution >= 4 is 23.4 Å². The van der Waals surface area contributed by atoms with Gasteiger partial charge < -0.3 is 9.47 Å². The first kappa shape index (κ1) is 15.4. The Kier molecular flexibility index (Phi) is 4.83. The lowest BCUT2D eigenvalue weighted by molar-refractivity contribution is -0.164. The van der Waals surface area contributed by atoms with Crippen molar-refractivity contribution in [3.63, 3.8) is 0 Å². The number of alkyl halides is 2. The van der Waals surface area contributed by atoms with Crippen LogP contribution < -0.4 is 4.74 Å². The summed E-state index contributed by atoms with van der Waals surface area (Å²) in [6.45, 7) is 1.11. The van der Waals surface area contributed by atoms with E-state index in [1.807, 2.05) is 0 Å². The molecule has 0 amide bonds. The average Bonchev–Trinajstić information content (AvgIpc) is 2.37.